The SMILES string of the molecule is Cc1noc(C)c1CN1CCN(C(=O)CSCc2cccnc2)CC1. The minimum Gasteiger partial charge on any atom is -0.361 e. The molecule has 0 saturated carbocycles. The van der Waals surface area contributed by atoms with Crippen LogP contribution in [0.1, 0.15) is 22.6 Å². The van der Waals surface area contributed by atoms with Crippen molar-refractivity contribution >= 4 is 17.7 Å². The van der Waals surface area contributed by atoms with Crippen molar-refractivity contribution in [3.05, 3.63) is 47.1 Å². The molecule has 0 aromatic carbocycles. The maximum Gasteiger partial charge on any atom is 0.232 e. The highest BCUT2D eigenvalue weighted by molar-refractivity contribution is 7.99. The Kier molecular flexibility index (Phi) is 6.09. The predicted molar refractivity (Wildman–Crippen MR) is 98.2 cm³/mol. The van der Waals surface area contributed by atoms with Crippen molar-refractivity contribution < 1.29 is 9.32 Å². The third-order valence-electron chi connectivity index (χ3n) is 4.50. The van der Waals surface area contributed by atoms with Crippen LogP contribution in [0.5, 0.6) is 0 Å². The quantitative estimate of drug-likeness (QED) is 0.787. The van der Waals surface area contributed by atoms with Gasteiger partial charge in [-0.1, -0.05) is 11.2 Å². The number of thioether (sulfide) groups is 1. The second kappa shape index (κ2) is 8.49. The van der Waals surface area contributed by atoms with Crippen LogP contribution in [0.4, 0.5) is 0 Å². The average molecular weight is 360 g/mol. The molecule has 0 bridgehead atoms. The minimum atomic E-state index is 0.228. The van der Waals surface area contributed by atoms with Gasteiger partial charge < -0.3 is 9.42 Å². The maximum absolute atomic E-state index is 12.4. The molecule has 0 atom stereocenters. The number of nitrogens with zero attached hydrogens (tertiary/aromatic N) is 4. The Morgan fingerprint density at radius 3 is 2.72 bits per heavy atom. The summed E-state index contributed by atoms with van der Waals surface area (Å²) in [6, 6.07) is 3.97. The first-order valence-corrected chi connectivity index (χ1v) is 9.67. The van der Waals surface area contributed by atoms with Gasteiger partial charge in [0.2, 0.25) is 5.91 Å². The van der Waals surface area contributed by atoms with Crippen molar-refractivity contribution in [1.82, 2.24) is 19.9 Å². The van der Waals surface area contributed by atoms with Gasteiger partial charge in [0.15, 0.2) is 0 Å². The van der Waals surface area contributed by atoms with E-state index in [1.165, 1.54) is 5.56 Å². The zero-order chi connectivity index (χ0) is 17.6. The lowest BCUT2D eigenvalue weighted by molar-refractivity contribution is -0.130. The second-order valence-corrected chi connectivity index (χ2v) is 7.30. The van der Waals surface area contributed by atoms with Crippen LogP contribution in [0.25, 0.3) is 0 Å². The van der Waals surface area contributed by atoms with Gasteiger partial charge in [0.1, 0.15) is 5.76 Å². The molecule has 7 heteroatoms. The summed E-state index contributed by atoms with van der Waals surface area (Å²) in [5.41, 5.74) is 3.29. The summed E-state index contributed by atoms with van der Waals surface area (Å²) in [4.78, 5) is 20.8. The lowest BCUT2D eigenvalue weighted by Crippen LogP contribution is -2.48. The summed E-state index contributed by atoms with van der Waals surface area (Å²) in [5, 5.41) is 4.01. The van der Waals surface area contributed by atoms with Gasteiger partial charge in [-0.2, -0.15) is 0 Å². The number of piperazine rings is 1. The predicted octanol–water partition coefficient (Wildman–Crippen LogP) is 2.26. The number of carbonyl (C=O) groups is 1. The van der Waals surface area contributed by atoms with E-state index in [2.05, 4.69) is 15.0 Å². The molecular weight excluding hydrogens is 336 g/mol. The Morgan fingerprint density at radius 1 is 1.28 bits per heavy atom. The Bertz CT molecular complexity index is 677. The molecule has 0 unspecified atom stereocenters. The fraction of sp³-hybridized carbons (Fsp3) is 0.500. The van der Waals surface area contributed by atoms with Gasteiger partial charge in [0.25, 0.3) is 0 Å². The van der Waals surface area contributed by atoms with Gasteiger partial charge in [0, 0.05) is 56.4 Å². The van der Waals surface area contributed by atoms with E-state index in [0.29, 0.717) is 5.75 Å². The average Bonchev–Trinajstić information content (AvgIpc) is 2.95. The van der Waals surface area contributed by atoms with Gasteiger partial charge >= 0.3 is 0 Å². The molecule has 2 aromatic heterocycles. The van der Waals surface area contributed by atoms with Crippen LogP contribution in [-0.2, 0) is 17.1 Å². The number of hydrogen-bond acceptors (Lipinski definition) is 6. The van der Waals surface area contributed by atoms with E-state index in [9.17, 15) is 4.79 Å². The van der Waals surface area contributed by atoms with Crippen LogP contribution in [0, 0.1) is 13.8 Å². The van der Waals surface area contributed by atoms with Gasteiger partial charge in [-0.05, 0) is 25.5 Å². The van der Waals surface area contributed by atoms with Crippen LogP contribution in [0.15, 0.2) is 29.0 Å². The summed E-state index contributed by atoms with van der Waals surface area (Å²) in [7, 11) is 0. The van der Waals surface area contributed by atoms with E-state index < -0.39 is 0 Å². The molecular formula is C18H24N4O2S. The topological polar surface area (TPSA) is 62.5 Å². The summed E-state index contributed by atoms with van der Waals surface area (Å²) >= 11 is 1.65. The van der Waals surface area contributed by atoms with Crippen molar-refractivity contribution in [1.29, 1.82) is 0 Å². The zero-order valence-electron chi connectivity index (χ0n) is 14.8. The van der Waals surface area contributed by atoms with Gasteiger partial charge in [-0.15, -0.1) is 11.8 Å². The van der Waals surface area contributed by atoms with E-state index in [4.69, 9.17) is 4.52 Å². The molecule has 0 aliphatic carbocycles. The van der Waals surface area contributed by atoms with Crippen LogP contribution < -0.4 is 0 Å². The van der Waals surface area contributed by atoms with Crippen LogP contribution in [0.3, 0.4) is 0 Å². The van der Waals surface area contributed by atoms with Gasteiger partial charge in [-0.25, -0.2) is 0 Å². The van der Waals surface area contributed by atoms with Crippen molar-refractivity contribution in [3.63, 3.8) is 0 Å². The lowest BCUT2D eigenvalue weighted by Gasteiger charge is -2.34. The number of aryl methyl sites for hydroxylation is 2. The first-order valence-electron chi connectivity index (χ1n) is 8.52. The minimum absolute atomic E-state index is 0.228. The smallest absolute Gasteiger partial charge is 0.232 e. The van der Waals surface area contributed by atoms with Gasteiger partial charge in [-0.3, -0.25) is 14.7 Å². The first-order chi connectivity index (χ1) is 12.1. The van der Waals surface area contributed by atoms with Crippen LogP contribution >= 0.6 is 11.8 Å². The fourth-order valence-corrected chi connectivity index (χ4v) is 3.80. The van der Waals surface area contributed by atoms with Crippen LogP contribution in [0.2, 0.25) is 0 Å². The largest absolute Gasteiger partial charge is 0.361 e. The number of rotatable bonds is 6. The van der Waals surface area contributed by atoms with E-state index in [1.807, 2.05) is 37.1 Å². The van der Waals surface area contributed by atoms with Crippen molar-refractivity contribution in [2.45, 2.75) is 26.1 Å². The number of hydrogen-bond donors (Lipinski definition) is 0. The number of aromatic nitrogens is 2. The molecule has 25 heavy (non-hydrogen) atoms. The third-order valence-corrected chi connectivity index (χ3v) is 5.49. The number of pyridine rings is 1. The second-order valence-electron chi connectivity index (χ2n) is 6.31. The van der Waals surface area contributed by atoms with E-state index in [-0.39, 0.29) is 5.91 Å². The molecule has 134 valence electrons. The zero-order valence-corrected chi connectivity index (χ0v) is 15.6. The van der Waals surface area contributed by atoms with Crippen molar-refractivity contribution in [2.75, 3.05) is 31.9 Å². The van der Waals surface area contributed by atoms with E-state index >= 15 is 0 Å². The normalized spacial score (nSPS) is 15.5. The molecule has 0 radical (unpaired) electrons. The Labute approximate surface area is 152 Å². The van der Waals surface area contributed by atoms with Crippen molar-refractivity contribution in [3.8, 4) is 0 Å². The number of carbonyl (C=O) groups excluding carboxylic acids is 1. The van der Waals surface area contributed by atoms with Crippen LogP contribution in [-0.4, -0.2) is 57.8 Å². The third kappa shape index (κ3) is 4.83. The molecule has 1 fully saturated rings. The maximum atomic E-state index is 12.4. The molecule has 0 N–H and O–H groups in total. The molecule has 3 rings (SSSR count). The van der Waals surface area contributed by atoms with E-state index in [1.54, 1.807) is 18.0 Å². The summed E-state index contributed by atoms with van der Waals surface area (Å²) in [6.45, 7) is 8.14. The first kappa shape index (κ1) is 17.9. The Morgan fingerprint density at radius 2 is 2.08 bits per heavy atom. The highest BCUT2D eigenvalue weighted by Gasteiger charge is 2.22. The molecule has 1 amide bonds. The highest BCUT2D eigenvalue weighted by Crippen LogP contribution is 2.17. The Balaban J connectivity index is 1.40. The summed E-state index contributed by atoms with van der Waals surface area (Å²) in [6.07, 6.45) is 3.62. The molecule has 1 aliphatic rings. The number of amides is 1. The summed E-state index contributed by atoms with van der Waals surface area (Å²) in [5.74, 6) is 2.47. The summed E-state index contributed by atoms with van der Waals surface area (Å²) < 4.78 is 5.23. The molecule has 3 heterocycles. The lowest BCUT2D eigenvalue weighted by atomic mass is 10.2. The molecule has 0 spiro atoms. The molecule has 1 aliphatic heterocycles. The molecule has 2 aromatic rings. The molecule has 1 saturated heterocycles. The van der Waals surface area contributed by atoms with E-state index in [0.717, 1.165) is 55.5 Å². The van der Waals surface area contributed by atoms with Gasteiger partial charge in [0.05, 0.1) is 11.4 Å². The Hall–Kier alpha value is -1.86. The standard InChI is InChI=1S/C18H24N4O2S/c1-14-17(15(2)24-20-14)11-21-6-8-22(9-7-21)18(23)13-25-12-16-4-3-5-19-10-16/h3-5,10H,6-9,11-13H2,1-2H3. The fourth-order valence-electron chi connectivity index (χ4n) is 2.94. The monoisotopic (exact) mass is 360 g/mol. The molecule has 6 nitrogen and oxygen atoms in total. The van der Waals surface area contributed by atoms with Crippen molar-refractivity contribution in [2.24, 2.45) is 0 Å². The highest BCUT2D eigenvalue weighted by atomic mass is 32.2.